The van der Waals surface area contributed by atoms with Gasteiger partial charge < -0.3 is 10.6 Å². The first-order chi connectivity index (χ1) is 8.13. The van der Waals surface area contributed by atoms with E-state index in [1.54, 1.807) is 0 Å². The number of anilines is 2. The summed E-state index contributed by atoms with van der Waals surface area (Å²) >= 11 is 3.46. The smallest absolute Gasteiger partial charge is 0.148 e. The summed E-state index contributed by atoms with van der Waals surface area (Å²) in [6.45, 7) is 8.56. The van der Waals surface area contributed by atoms with Gasteiger partial charge in [-0.2, -0.15) is 0 Å². The maximum Gasteiger partial charge on any atom is 0.148 e. The third-order valence-corrected chi connectivity index (χ3v) is 4.03. The van der Waals surface area contributed by atoms with Crippen molar-refractivity contribution in [2.45, 2.75) is 19.9 Å². The van der Waals surface area contributed by atoms with Gasteiger partial charge in [-0.1, -0.05) is 6.92 Å². The standard InChI is InChI=1S/C11H18BrN5/c1-3-16-4-5-17(6-8(16)2)11-9(12)10(13)14-7-15-11/h7-8H,3-6H2,1-2H3,(H2,13,14,15). The Hall–Kier alpha value is -0.880. The molecule has 2 rings (SSSR count). The van der Waals surface area contributed by atoms with Crippen LogP contribution in [0.4, 0.5) is 11.6 Å². The molecule has 0 bridgehead atoms. The summed E-state index contributed by atoms with van der Waals surface area (Å²) in [5.74, 6) is 1.40. The number of nitrogens with two attached hydrogens (primary N) is 1. The zero-order valence-electron chi connectivity index (χ0n) is 10.2. The average molecular weight is 300 g/mol. The Labute approximate surface area is 110 Å². The van der Waals surface area contributed by atoms with Gasteiger partial charge in [-0.25, -0.2) is 9.97 Å². The highest BCUT2D eigenvalue weighted by Gasteiger charge is 2.24. The van der Waals surface area contributed by atoms with Crippen LogP contribution in [0.3, 0.4) is 0 Å². The Morgan fingerprint density at radius 3 is 2.88 bits per heavy atom. The van der Waals surface area contributed by atoms with E-state index in [9.17, 15) is 0 Å². The second kappa shape index (κ2) is 5.18. The van der Waals surface area contributed by atoms with Crippen molar-refractivity contribution in [2.24, 2.45) is 0 Å². The summed E-state index contributed by atoms with van der Waals surface area (Å²) in [5, 5.41) is 0. The van der Waals surface area contributed by atoms with E-state index in [-0.39, 0.29) is 0 Å². The van der Waals surface area contributed by atoms with Gasteiger partial charge >= 0.3 is 0 Å². The molecule has 0 amide bonds. The zero-order chi connectivity index (χ0) is 12.4. The monoisotopic (exact) mass is 299 g/mol. The predicted octanol–water partition coefficient (Wildman–Crippen LogP) is 1.35. The first-order valence-electron chi connectivity index (χ1n) is 5.88. The van der Waals surface area contributed by atoms with Crippen molar-refractivity contribution in [1.82, 2.24) is 14.9 Å². The first kappa shape index (κ1) is 12.6. The van der Waals surface area contributed by atoms with Gasteiger partial charge in [-0.15, -0.1) is 0 Å². The van der Waals surface area contributed by atoms with Crippen molar-refractivity contribution in [3.8, 4) is 0 Å². The molecule has 0 aliphatic carbocycles. The van der Waals surface area contributed by atoms with E-state index in [4.69, 9.17) is 5.73 Å². The average Bonchev–Trinajstić information content (AvgIpc) is 2.32. The van der Waals surface area contributed by atoms with Crippen molar-refractivity contribution in [2.75, 3.05) is 36.8 Å². The van der Waals surface area contributed by atoms with E-state index in [2.05, 4.69) is 49.5 Å². The zero-order valence-corrected chi connectivity index (χ0v) is 11.8. The number of piperazine rings is 1. The van der Waals surface area contributed by atoms with Crippen LogP contribution in [0.2, 0.25) is 0 Å². The fraction of sp³-hybridized carbons (Fsp3) is 0.636. The van der Waals surface area contributed by atoms with Crippen LogP contribution < -0.4 is 10.6 Å². The number of rotatable bonds is 2. The molecule has 1 aromatic rings. The molecule has 94 valence electrons. The lowest BCUT2D eigenvalue weighted by Crippen LogP contribution is -2.52. The number of halogens is 1. The van der Waals surface area contributed by atoms with Crippen LogP contribution in [0.5, 0.6) is 0 Å². The lowest BCUT2D eigenvalue weighted by atomic mass is 10.2. The minimum atomic E-state index is 0.501. The molecule has 5 nitrogen and oxygen atoms in total. The SMILES string of the molecule is CCN1CCN(c2ncnc(N)c2Br)CC1C. The van der Waals surface area contributed by atoms with Gasteiger partial charge in [0.1, 0.15) is 22.4 Å². The van der Waals surface area contributed by atoms with Gasteiger partial charge in [-0.05, 0) is 29.4 Å². The van der Waals surface area contributed by atoms with Crippen LogP contribution in [0.15, 0.2) is 10.8 Å². The maximum absolute atomic E-state index is 5.78. The highest BCUT2D eigenvalue weighted by atomic mass is 79.9. The molecule has 2 N–H and O–H groups in total. The largest absolute Gasteiger partial charge is 0.383 e. The number of aromatic nitrogens is 2. The van der Waals surface area contributed by atoms with Crippen LogP contribution in [-0.4, -0.2) is 47.1 Å². The van der Waals surface area contributed by atoms with E-state index < -0.39 is 0 Å². The number of hydrogen-bond acceptors (Lipinski definition) is 5. The van der Waals surface area contributed by atoms with Crippen LogP contribution in [0.1, 0.15) is 13.8 Å². The Morgan fingerprint density at radius 1 is 1.47 bits per heavy atom. The van der Waals surface area contributed by atoms with Gasteiger partial charge in [0.05, 0.1) is 0 Å². The van der Waals surface area contributed by atoms with E-state index in [0.29, 0.717) is 11.9 Å². The van der Waals surface area contributed by atoms with Crippen LogP contribution in [-0.2, 0) is 0 Å². The normalized spacial score (nSPS) is 21.8. The van der Waals surface area contributed by atoms with Crippen molar-refractivity contribution in [1.29, 1.82) is 0 Å². The fourth-order valence-corrected chi connectivity index (χ4v) is 2.71. The molecule has 1 unspecified atom stereocenters. The van der Waals surface area contributed by atoms with Crippen molar-refractivity contribution in [3.63, 3.8) is 0 Å². The van der Waals surface area contributed by atoms with Crippen molar-refractivity contribution in [3.05, 3.63) is 10.8 Å². The molecule has 1 fully saturated rings. The summed E-state index contributed by atoms with van der Waals surface area (Å²) < 4.78 is 0.803. The molecule has 6 heteroatoms. The number of nitrogens with zero attached hydrogens (tertiary/aromatic N) is 4. The van der Waals surface area contributed by atoms with Crippen molar-refractivity contribution >= 4 is 27.6 Å². The first-order valence-corrected chi connectivity index (χ1v) is 6.67. The number of likely N-dealkylation sites (N-methyl/N-ethyl adjacent to an activating group) is 1. The Bertz CT molecular complexity index is 397. The lowest BCUT2D eigenvalue weighted by Gasteiger charge is -2.40. The molecule has 17 heavy (non-hydrogen) atoms. The van der Waals surface area contributed by atoms with E-state index in [1.807, 2.05) is 0 Å². The molecule has 0 saturated carbocycles. The predicted molar refractivity (Wildman–Crippen MR) is 73.1 cm³/mol. The molecule has 0 radical (unpaired) electrons. The molecular weight excluding hydrogens is 282 g/mol. The summed E-state index contributed by atoms with van der Waals surface area (Å²) in [6.07, 6.45) is 1.52. The highest BCUT2D eigenvalue weighted by molar-refractivity contribution is 9.10. The highest BCUT2D eigenvalue weighted by Crippen LogP contribution is 2.28. The molecular formula is C11H18BrN5. The fourth-order valence-electron chi connectivity index (χ4n) is 2.25. The second-order valence-electron chi connectivity index (χ2n) is 4.32. The molecule has 0 spiro atoms. The minimum absolute atomic E-state index is 0.501. The molecule has 2 heterocycles. The third kappa shape index (κ3) is 2.52. The summed E-state index contributed by atoms with van der Waals surface area (Å²) in [6, 6.07) is 0.539. The van der Waals surface area contributed by atoms with Gasteiger partial charge in [0.2, 0.25) is 0 Å². The molecule has 1 aromatic heterocycles. The van der Waals surface area contributed by atoms with Gasteiger partial charge in [-0.3, -0.25) is 4.90 Å². The lowest BCUT2D eigenvalue weighted by molar-refractivity contribution is 0.199. The Kier molecular flexibility index (Phi) is 3.83. The quantitative estimate of drug-likeness (QED) is 0.893. The van der Waals surface area contributed by atoms with E-state index >= 15 is 0 Å². The van der Waals surface area contributed by atoms with Gasteiger partial charge in [0.25, 0.3) is 0 Å². The summed E-state index contributed by atoms with van der Waals surface area (Å²) in [4.78, 5) is 13.0. The molecule has 1 atom stereocenters. The minimum Gasteiger partial charge on any atom is -0.383 e. The summed E-state index contributed by atoms with van der Waals surface area (Å²) in [7, 11) is 0. The number of hydrogen-bond donors (Lipinski definition) is 1. The molecule has 0 aromatic carbocycles. The molecule has 1 aliphatic heterocycles. The van der Waals surface area contributed by atoms with Crippen LogP contribution >= 0.6 is 15.9 Å². The number of nitrogen functional groups attached to an aromatic ring is 1. The van der Waals surface area contributed by atoms with E-state index in [0.717, 1.165) is 36.5 Å². The second-order valence-corrected chi connectivity index (χ2v) is 5.11. The third-order valence-electron chi connectivity index (χ3n) is 3.27. The van der Waals surface area contributed by atoms with Gasteiger partial charge in [0, 0.05) is 25.7 Å². The van der Waals surface area contributed by atoms with Crippen molar-refractivity contribution < 1.29 is 0 Å². The Balaban J connectivity index is 2.16. The topological polar surface area (TPSA) is 58.3 Å². The Morgan fingerprint density at radius 2 is 2.24 bits per heavy atom. The van der Waals surface area contributed by atoms with E-state index in [1.165, 1.54) is 6.33 Å². The van der Waals surface area contributed by atoms with Crippen LogP contribution in [0, 0.1) is 0 Å². The van der Waals surface area contributed by atoms with Crippen LogP contribution in [0.25, 0.3) is 0 Å². The molecule has 1 saturated heterocycles. The van der Waals surface area contributed by atoms with Gasteiger partial charge in [0.15, 0.2) is 0 Å². The summed E-state index contributed by atoms with van der Waals surface area (Å²) in [5.41, 5.74) is 5.78. The maximum atomic E-state index is 5.78. The molecule has 1 aliphatic rings.